The number of rotatable bonds is 3. The third-order valence-corrected chi connectivity index (χ3v) is 5.42. The Morgan fingerprint density at radius 3 is 2.52 bits per heavy atom. The normalized spacial score (nSPS) is 18.0. The molecule has 2 aromatic heterocycles. The highest BCUT2D eigenvalue weighted by molar-refractivity contribution is 5.81. The van der Waals surface area contributed by atoms with Crippen molar-refractivity contribution >= 4 is 5.91 Å². The summed E-state index contributed by atoms with van der Waals surface area (Å²) in [6.07, 6.45) is 6.80. The van der Waals surface area contributed by atoms with Gasteiger partial charge in [-0.25, -0.2) is 0 Å². The van der Waals surface area contributed by atoms with Crippen LogP contribution in [0.1, 0.15) is 50.7 Å². The lowest BCUT2D eigenvalue weighted by molar-refractivity contribution is -0.141. The van der Waals surface area contributed by atoms with Crippen molar-refractivity contribution in [2.24, 2.45) is 18.4 Å². The van der Waals surface area contributed by atoms with Crippen molar-refractivity contribution in [1.29, 1.82) is 0 Å². The van der Waals surface area contributed by atoms with Crippen LogP contribution in [-0.2, 0) is 18.3 Å². The van der Waals surface area contributed by atoms with E-state index >= 15 is 0 Å². The summed E-state index contributed by atoms with van der Waals surface area (Å²) in [4.78, 5) is 23.9. The SMILES string of the molecule is Cc1nn(C)c(C)c1-c1cnc(CC2CCCN(C(=O)C(C)(C)C)C2)cn1. The highest BCUT2D eigenvalue weighted by atomic mass is 16.2. The van der Waals surface area contributed by atoms with Crippen molar-refractivity contribution in [2.75, 3.05) is 13.1 Å². The lowest BCUT2D eigenvalue weighted by Gasteiger charge is -2.36. The van der Waals surface area contributed by atoms with E-state index in [1.165, 1.54) is 0 Å². The van der Waals surface area contributed by atoms with Crippen molar-refractivity contribution in [2.45, 2.75) is 53.9 Å². The van der Waals surface area contributed by atoms with Crippen molar-refractivity contribution in [3.8, 4) is 11.3 Å². The number of amides is 1. The van der Waals surface area contributed by atoms with Crippen molar-refractivity contribution < 1.29 is 4.79 Å². The largest absolute Gasteiger partial charge is 0.342 e. The summed E-state index contributed by atoms with van der Waals surface area (Å²) in [5.41, 5.74) is 4.68. The van der Waals surface area contributed by atoms with E-state index in [0.717, 1.165) is 60.7 Å². The molecule has 0 N–H and O–H groups in total. The summed E-state index contributed by atoms with van der Waals surface area (Å²) in [7, 11) is 1.95. The van der Waals surface area contributed by atoms with E-state index in [4.69, 9.17) is 0 Å². The predicted octanol–water partition coefficient (Wildman–Crippen LogP) is 3.32. The van der Waals surface area contributed by atoms with Gasteiger partial charge in [0.2, 0.25) is 5.91 Å². The number of hydrogen-bond donors (Lipinski definition) is 0. The molecule has 3 heterocycles. The Labute approximate surface area is 162 Å². The number of hydrogen-bond acceptors (Lipinski definition) is 4. The zero-order valence-corrected chi connectivity index (χ0v) is 17.4. The summed E-state index contributed by atoms with van der Waals surface area (Å²) in [5.74, 6) is 0.697. The summed E-state index contributed by atoms with van der Waals surface area (Å²) >= 11 is 0. The van der Waals surface area contributed by atoms with Gasteiger partial charge < -0.3 is 4.90 Å². The smallest absolute Gasteiger partial charge is 0.227 e. The average molecular weight is 370 g/mol. The lowest BCUT2D eigenvalue weighted by Crippen LogP contribution is -2.45. The van der Waals surface area contributed by atoms with E-state index in [0.29, 0.717) is 5.92 Å². The maximum atomic E-state index is 12.6. The van der Waals surface area contributed by atoms with Gasteiger partial charge in [0.25, 0.3) is 0 Å². The van der Waals surface area contributed by atoms with Crippen LogP contribution in [0.15, 0.2) is 12.4 Å². The van der Waals surface area contributed by atoms with Gasteiger partial charge in [0.05, 0.1) is 23.3 Å². The number of nitrogens with zero attached hydrogens (tertiary/aromatic N) is 5. The van der Waals surface area contributed by atoms with Crippen LogP contribution in [-0.4, -0.2) is 43.6 Å². The molecule has 1 aliphatic heterocycles. The minimum atomic E-state index is -0.317. The van der Waals surface area contributed by atoms with E-state index in [1.54, 1.807) is 0 Å². The highest BCUT2D eigenvalue weighted by Gasteiger charge is 2.31. The number of carbonyl (C=O) groups excluding carboxylic acids is 1. The summed E-state index contributed by atoms with van der Waals surface area (Å²) in [6.45, 7) is 11.7. The molecule has 0 aromatic carbocycles. The summed E-state index contributed by atoms with van der Waals surface area (Å²) < 4.78 is 1.88. The second-order valence-corrected chi connectivity index (χ2v) is 8.78. The van der Waals surface area contributed by atoms with E-state index in [-0.39, 0.29) is 11.3 Å². The maximum absolute atomic E-state index is 12.6. The fourth-order valence-corrected chi connectivity index (χ4v) is 3.92. The van der Waals surface area contributed by atoms with Crippen LogP contribution in [0.2, 0.25) is 0 Å². The zero-order chi connectivity index (χ0) is 19.8. The first-order chi connectivity index (χ1) is 12.7. The van der Waals surface area contributed by atoms with Crippen molar-refractivity contribution in [1.82, 2.24) is 24.6 Å². The lowest BCUT2D eigenvalue weighted by atomic mass is 9.89. The van der Waals surface area contributed by atoms with Crippen LogP contribution in [0.5, 0.6) is 0 Å². The predicted molar refractivity (Wildman–Crippen MR) is 106 cm³/mol. The topological polar surface area (TPSA) is 63.9 Å². The molecule has 0 aliphatic carbocycles. The standard InChI is InChI=1S/C21H31N5O/c1-14-19(15(2)25(6)24-14)18-12-22-17(11-23-18)10-16-8-7-9-26(13-16)20(27)21(3,4)5/h11-12,16H,7-10,13H2,1-6H3. The molecule has 1 amide bonds. The van der Waals surface area contributed by atoms with Crippen LogP contribution >= 0.6 is 0 Å². The summed E-state index contributed by atoms with van der Waals surface area (Å²) in [5, 5.41) is 4.46. The molecule has 27 heavy (non-hydrogen) atoms. The number of aryl methyl sites for hydroxylation is 2. The Hall–Kier alpha value is -2.24. The number of carbonyl (C=O) groups is 1. The van der Waals surface area contributed by atoms with E-state index in [9.17, 15) is 4.79 Å². The molecule has 146 valence electrons. The van der Waals surface area contributed by atoms with E-state index in [2.05, 4.69) is 15.1 Å². The molecule has 3 rings (SSSR count). The molecule has 0 spiro atoms. The third-order valence-electron chi connectivity index (χ3n) is 5.42. The van der Waals surface area contributed by atoms with Gasteiger partial charge >= 0.3 is 0 Å². The minimum absolute atomic E-state index is 0.246. The molecule has 0 saturated carbocycles. The molecule has 1 unspecified atom stereocenters. The fraction of sp³-hybridized carbons (Fsp3) is 0.619. The fourth-order valence-electron chi connectivity index (χ4n) is 3.92. The number of likely N-dealkylation sites (tertiary alicyclic amines) is 1. The molecule has 2 aromatic rings. The molecule has 6 nitrogen and oxygen atoms in total. The molecule has 6 heteroatoms. The number of piperidine rings is 1. The van der Waals surface area contributed by atoms with Gasteiger partial charge in [-0.05, 0) is 39.0 Å². The van der Waals surface area contributed by atoms with Crippen LogP contribution in [0, 0.1) is 25.2 Å². The van der Waals surface area contributed by atoms with Crippen LogP contribution in [0.3, 0.4) is 0 Å². The molecule has 1 atom stereocenters. The second-order valence-electron chi connectivity index (χ2n) is 8.78. The van der Waals surface area contributed by atoms with Gasteiger partial charge in [-0.3, -0.25) is 19.4 Å². The van der Waals surface area contributed by atoms with Crippen molar-refractivity contribution in [3.63, 3.8) is 0 Å². The molecular formula is C21H31N5O. The highest BCUT2D eigenvalue weighted by Crippen LogP contribution is 2.27. The molecule has 1 saturated heterocycles. The van der Waals surface area contributed by atoms with E-state index in [1.807, 2.05) is 63.6 Å². The van der Waals surface area contributed by atoms with Gasteiger partial charge in [-0.1, -0.05) is 20.8 Å². The van der Waals surface area contributed by atoms with Crippen LogP contribution < -0.4 is 0 Å². The average Bonchev–Trinajstić information content (AvgIpc) is 2.87. The van der Waals surface area contributed by atoms with Crippen LogP contribution in [0.4, 0.5) is 0 Å². The minimum Gasteiger partial charge on any atom is -0.342 e. The molecule has 0 bridgehead atoms. The maximum Gasteiger partial charge on any atom is 0.227 e. The Morgan fingerprint density at radius 1 is 1.22 bits per heavy atom. The Bertz CT molecular complexity index is 816. The number of aromatic nitrogens is 4. The second kappa shape index (κ2) is 7.41. The Balaban J connectivity index is 1.69. The van der Waals surface area contributed by atoms with Crippen molar-refractivity contribution in [3.05, 3.63) is 29.5 Å². The van der Waals surface area contributed by atoms with Gasteiger partial charge in [-0.15, -0.1) is 0 Å². The molecule has 1 fully saturated rings. The molecule has 1 aliphatic rings. The molecule has 0 radical (unpaired) electrons. The van der Waals surface area contributed by atoms with Gasteiger partial charge in [0.1, 0.15) is 0 Å². The zero-order valence-electron chi connectivity index (χ0n) is 17.4. The summed E-state index contributed by atoms with van der Waals surface area (Å²) in [6, 6.07) is 0. The van der Waals surface area contributed by atoms with Crippen LogP contribution in [0.25, 0.3) is 11.3 Å². The first-order valence-corrected chi connectivity index (χ1v) is 9.77. The molecular weight excluding hydrogens is 338 g/mol. The third kappa shape index (κ3) is 4.20. The Kier molecular flexibility index (Phi) is 5.36. The quantitative estimate of drug-likeness (QED) is 0.832. The first-order valence-electron chi connectivity index (χ1n) is 9.77. The first kappa shape index (κ1) is 19.5. The van der Waals surface area contributed by atoms with E-state index < -0.39 is 0 Å². The van der Waals surface area contributed by atoms with Gasteiger partial charge in [0.15, 0.2) is 0 Å². The Morgan fingerprint density at radius 2 is 1.96 bits per heavy atom. The van der Waals surface area contributed by atoms with Gasteiger partial charge in [-0.2, -0.15) is 5.10 Å². The monoisotopic (exact) mass is 369 g/mol. The van der Waals surface area contributed by atoms with Gasteiger partial charge in [0, 0.05) is 43.0 Å².